The van der Waals surface area contributed by atoms with E-state index in [0.29, 0.717) is 17.2 Å². The molecule has 2 aromatic rings. The van der Waals surface area contributed by atoms with Gasteiger partial charge in [0.1, 0.15) is 11.2 Å². The standard InChI is InChI=1S/C20H20FN3O2S/c1-25-17-6-4-13(10-18(17)26-2)24-8-7-16-19(11-24)27-20(23-16)14-9-12(21)3-5-15(14)22/h3-6,9-11,20H,7-8,22H2,1-2H3. The number of thioether (sulfide) groups is 1. The average molecular weight is 385 g/mol. The highest BCUT2D eigenvalue weighted by molar-refractivity contribution is 8.04. The van der Waals surface area contributed by atoms with Crippen molar-refractivity contribution < 1.29 is 13.9 Å². The molecule has 0 radical (unpaired) electrons. The Morgan fingerprint density at radius 1 is 1.15 bits per heavy atom. The Morgan fingerprint density at radius 2 is 1.96 bits per heavy atom. The smallest absolute Gasteiger partial charge is 0.162 e. The number of halogens is 1. The Kier molecular flexibility index (Phi) is 4.70. The van der Waals surface area contributed by atoms with Gasteiger partial charge in [0.2, 0.25) is 0 Å². The van der Waals surface area contributed by atoms with Crippen LogP contribution in [0.25, 0.3) is 0 Å². The Hall–Kier alpha value is -2.67. The van der Waals surface area contributed by atoms with Crippen LogP contribution >= 0.6 is 11.8 Å². The number of hydrogen-bond donors (Lipinski definition) is 1. The van der Waals surface area contributed by atoms with Crippen molar-refractivity contribution >= 4 is 28.8 Å². The second-order valence-corrected chi connectivity index (χ2v) is 7.42. The predicted octanol–water partition coefficient (Wildman–Crippen LogP) is 4.36. The number of allylic oxidation sites excluding steroid dienone is 1. The molecule has 2 aromatic carbocycles. The Balaban J connectivity index is 1.60. The van der Waals surface area contributed by atoms with E-state index in [0.717, 1.165) is 34.8 Å². The lowest BCUT2D eigenvalue weighted by molar-refractivity contribution is 0.355. The average Bonchev–Trinajstić information content (AvgIpc) is 3.12. The molecule has 0 saturated heterocycles. The Bertz CT molecular complexity index is 945. The highest BCUT2D eigenvalue weighted by atomic mass is 32.2. The third kappa shape index (κ3) is 3.35. The number of fused-ring (bicyclic) bond motifs is 1. The third-order valence-corrected chi connectivity index (χ3v) is 5.85. The van der Waals surface area contributed by atoms with Crippen LogP contribution in [0.4, 0.5) is 15.8 Å². The Morgan fingerprint density at radius 3 is 2.74 bits per heavy atom. The molecule has 0 bridgehead atoms. The molecular formula is C20H20FN3O2S. The zero-order valence-electron chi connectivity index (χ0n) is 15.1. The molecule has 7 heteroatoms. The van der Waals surface area contributed by atoms with Gasteiger partial charge in [0.15, 0.2) is 11.5 Å². The van der Waals surface area contributed by atoms with Crippen LogP contribution in [0.2, 0.25) is 0 Å². The van der Waals surface area contributed by atoms with E-state index in [-0.39, 0.29) is 11.2 Å². The number of methoxy groups -OCH3 is 2. The number of nitrogens with two attached hydrogens (primary N) is 1. The third-order valence-electron chi connectivity index (χ3n) is 4.67. The van der Waals surface area contributed by atoms with Gasteiger partial charge < -0.3 is 20.1 Å². The summed E-state index contributed by atoms with van der Waals surface area (Å²) in [4.78, 5) is 8.02. The van der Waals surface area contributed by atoms with Gasteiger partial charge in [-0.1, -0.05) is 11.8 Å². The minimum atomic E-state index is -0.296. The van der Waals surface area contributed by atoms with Crippen molar-refractivity contribution in [2.75, 3.05) is 31.4 Å². The molecule has 0 spiro atoms. The van der Waals surface area contributed by atoms with Gasteiger partial charge in [-0.15, -0.1) is 0 Å². The predicted molar refractivity (Wildman–Crippen MR) is 108 cm³/mol. The number of rotatable bonds is 4. The number of aliphatic imine (C=N–C) groups is 1. The van der Waals surface area contributed by atoms with Gasteiger partial charge in [-0.3, -0.25) is 4.99 Å². The molecule has 4 rings (SSSR count). The molecule has 0 aromatic heterocycles. The van der Waals surface area contributed by atoms with Crippen LogP contribution in [-0.4, -0.2) is 26.5 Å². The van der Waals surface area contributed by atoms with Gasteiger partial charge in [0.05, 0.1) is 19.9 Å². The fourth-order valence-electron chi connectivity index (χ4n) is 3.24. The van der Waals surface area contributed by atoms with Gasteiger partial charge in [0.25, 0.3) is 0 Å². The lowest BCUT2D eigenvalue weighted by Crippen LogP contribution is -2.25. The first-order valence-corrected chi connectivity index (χ1v) is 9.46. The van der Waals surface area contributed by atoms with Crippen LogP contribution in [0.1, 0.15) is 17.4 Å². The second-order valence-electron chi connectivity index (χ2n) is 6.30. The summed E-state index contributed by atoms with van der Waals surface area (Å²) in [6.45, 7) is 0.809. The molecule has 27 heavy (non-hydrogen) atoms. The first-order valence-electron chi connectivity index (χ1n) is 8.58. The molecule has 2 aliphatic rings. The van der Waals surface area contributed by atoms with Crippen molar-refractivity contribution in [2.24, 2.45) is 4.99 Å². The number of nitrogens with zero attached hydrogens (tertiary/aromatic N) is 2. The summed E-state index contributed by atoms with van der Waals surface area (Å²) in [5.41, 5.74) is 9.39. The molecule has 1 atom stereocenters. The zero-order valence-corrected chi connectivity index (χ0v) is 15.9. The van der Waals surface area contributed by atoms with Crippen LogP contribution in [0.3, 0.4) is 0 Å². The minimum Gasteiger partial charge on any atom is -0.493 e. The van der Waals surface area contributed by atoms with Crippen LogP contribution in [-0.2, 0) is 0 Å². The first-order chi connectivity index (χ1) is 13.1. The largest absolute Gasteiger partial charge is 0.493 e. The van der Waals surface area contributed by atoms with Crippen LogP contribution < -0.4 is 20.1 Å². The summed E-state index contributed by atoms with van der Waals surface area (Å²) < 4.78 is 24.3. The summed E-state index contributed by atoms with van der Waals surface area (Å²) in [7, 11) is 3.25. The fourth-order valence-corrected chi connectivity index (χ4v) is 4.48. The van der Waals surface area contributed by atoms with Crippen molar-refractivity contribution in [2.45, 2.75) is 11.8 Å². The van der Waals surface area contributed by atoms with E-state index in [9.17, 15) is 4.39 Å². The quantitative estimate of drug-likeness (QED) is 0.793. The van der Waals surface area contributed by atoms with E-state index in [2.05, 4.69) is 11.1 Å². The number of nitrogen functional groups attached to an aromatic ring is 1. The molecule has 2 N–H and O–H groups in total. The summed E-state index contributed by atoms with van der Waals surface area (Å²) in [6.07, 6.45) is 2.91. The van der Waals surface area contributed by atoms with Crippen LogP contribution in [0, 0.1) is 5.82 Å². The molecule has 2 aliphatic heterocycles. The topological polar surface area (TPSA) is 60.1 Å². The van der Waals surface area contributed by atoms with Gasteiger partial charge >= 0.3 is 0 Å². The van der Waals surface area contributed by atoms with Crippen molar-refractivity contribution in [3.05, 3.63) is 58.9 Å². The Labute approximate surface area is 161 Å². The fraction of sp³-hybridized carbons (Fsp3) is 0.250. The van der Waals surface area contributed by atoms with E-state index in [1.165, 1.54) is 12.1 Å². The van der Waals surface area contributed by atoms with Gasteiger partial charge in [-0.2, -0.15) is 0 Å². The second kappa shape index (κ2) is 7.15. The van der Waals surface area contributed by atoms with Crippen molar-refractivity contribution in [3.8, 4) is 11.5 Å². The molecule has 5 nitrogen and oxygen atoms in total. The van der Waals surface area contributed by atoms with Crippen molar-refractivity contribution in [1.29, 1.82) is 0 Å². The number of hydrogen-bond acceptors (Lipinski definition) is 6. The molecule has 0 amide bonds. The SMILES string of the molecule is COc1ccc(N2C=C3SC(c4cc(F)ccc4N)N=C3CC2)cc1OC. The minimum absolute atomic E-state index is 0.202. The maximum atomic E-state index is 13.6. The highest BCUT2D eigenvalue weighted by Crippen LogP contribution is 2.46. The van der Waals surface area contributed by atoms with E-state index < -0.39 is 0 Å². The molecular weight excluding hydrogens is 365 g/mol. The summed E-state index contributed by atoms with van der Waals surface area (Å²) >= 11 is 1.60. The number of ether oxygens (including phenoxy) is 2. The summed E-state index contributed by atoms with van der Waals surface area (Å²) in [5, 5.41) is -0.202. The number of anilines is 2. The monoisotopic (exact) mass is 385 g/mol. The van der Waals surface area contributed by atoms with E-state index in [1.54, 1.807) is 32.0 Å². The molecule has 0 aliphatic carbocycles. The van der Waals surface area contributed by atoms with Gasteiger partial charge in [-0.05, 0) is 30.3 Å². The van der Waals surface area contributed by atoms with E-state index >= 15 is 0 Å². The van der Waals surface area contributed by atoms with Crippen LogP contribution in [0.5, 0.6) is 11.5 Å². The highest BCUT2D eigenvalue weighted by Gasteiger charge is 2.30. The summed E-state index contributed by atoms with van der Waals surface area (Å²) in [5.74, 6) is 1.10. The van der Waals surface area contributed by atoms with Crippen molar-refractivity contribution in [1.82, 2.24) is 0 Å². The van der Waals surface area contributed by atoms with E-state index in [4.69, 9.17) is 20.2 Å². The molecule has 0 saturated carbocycles. The lowest BCUT2D eigenvalue weighted by atomic mass is 10.1. The van der Waals surface area contributed by atoms with Gasteiger partial charge in [0, 0.05) is 47.1 Å². The number of benzene rings is 2. The first kappa shape index (κ1) is 17.7. The lowest BCUT2D eigenvalue weighted by Gasteiger charge is -2.26. The zero-order chi connectivity index (χ0) is 19.0. The van der Waals surface area contributed by atoms with Crippen LogP contribution in [0.15, 0.2) is 52.5 Å². The molecule has 0 fully saturated rings. The maximum absolute atomic E-state index is 13.6. The van der Waals surface area contributed by atoms with E-state index in [1.807, 2.05) is 18.2 Å². The van der Waals surface area contributed by atoms with Gasteiger partial charge in [-0.25, -0.2) is 4.39 Å². The maximum Gasteiger partial charge on any atom is 0.162 e. The molecule has 140 valence electrons. The summed E-state index contributed by atoms with van der Waals surface area (Å²) in [6, 6.07) is 10.3. The normalized spacial score (nSPS) is 18.6. The molecule has 2 heterocycles. The van der Waals surface area contributed by atoms with Crippen molar-refractivity contribution in [3.63, 3.8) is 0 Å². The molecule has 1 unspecified atom stereocenters.